The van der Waals surface area contributed by atoms with Gasteiger partial charge in [-0.25, -0.2) is 0 Å². The van der Waals surface area contributed by atoms with Crippen molar-refractivity contribution in [3.05, 3.63) is 51.8 Å². The fraction of sp³-hybridized carbons (Fsp3) is 0.167. The smallest absolute Gasteiger partial charge is 0.282 e. The molecule has 0 aliphatic carbocycles. The summed E-state index contributed by atoms with van der Waals surface area (Å²) in [6.07, 6.45) is 3.21. The van der Waals surface area contributed by atoms with E-state index in [-0.39, 0.29) is 23.0 Å². The first-order chi connectivity index (χ1) is 9.49. The van der Waals surface area contributed by atoms with Crippen LogP contribution in [0.4, 0.5) is 11.4 Å². The molecule has 1 atom stereocenters. The summed E-state index contributed by atoms with van der Waals surface area (Å²) >= 11 is 0. The van der Waals surface area contributed by atoms with Gasteiger partial charge in [-0.2, -0.15) is 5.10 Å². The van der Waals surface area contributed by atoms with Gasteiger partial charge in [0.05, 0.1) is 17.2 Å². The summed E-state index contributed by atoms with van der Waals surface area (Å²) in [5.41, 5.74) is 6.28. The fourth-order valence-electron chi connectivity index (χ4n) is 1.75. The van der Waals surface area contributed by atoms with Crippen molar-refractivity contribution in [2.75, 3.05) is 5.73 Å². The molecular formula is C12H13N5O3. The maximum atomic E-state index is 12.1. The van der Waals surface area contributed by atoms with Crippen molar-refractivity contribution in [2.45, 2.75) is 13.0 Å². The summed E-state index contributed by atoms with van der Waals surface area (Å²) in [4.78, 5) is 22.4. The number of aromatic nitrogens is 2. The molecule has 0 bridgehead atoms. The number of nitro groups is 1. The highest BCUT2D eigenvalue weighted by Crippen LogP contribution is 2.22. The Morgan fingerprint density at radius 1 is 1.55 bits per heavy atom. The van der Waals surface area contributed by atoms with Crippen molar-refractivity contribution in [3.8, 4) is 0 Å². The Morgan fingerprint density at radius 3 is 2.90 bits per heavy atom. The number of nitrogens with one attached hydrogen (secondary N) is 2. The van der Waals surface area contributed by atoms with Crippen LogP contribution in [0, 0.1) is 10.1 Å². The number of benzene rings is 1. The van der Waals surface area contributed by atoms with Crippen molar-refractivity contribution < 1.29 is 9.72 Å². The summed E-state index contributed by atoms with van der Waals surface area (Å²) in [6.45, 7) is 1.75. The summed E-state index contributed by atoms with van der Waals surface area (Å²) in [6, 6.07) is 3.55. The fourth-order valence-corrected chi connectivity index (χ4v) is 1.75. The third-order valence-electron chi connectivity index (χ3n) is 2.83. The molecule has 1 aromatic heterocycles. The molecule has 0 aliphatic rings. The number of nitro benzene ring substituents is 1. The van der Waals surface area contributed by atoms with E-state index < -0.39 is 10.8 Å². The van der Waals surface area contributed by atoms with Crippen LogP contribution in [0.1, 0.15) is 28.9 Å². The lowest BCUT2D eigenvalue weighted by Gasteiger charge is -2.12. The first-order valence-corrected chi connectivity index (χ1v) is 5.82. The quantitative estimate of drug-likeness (QED) is 0.441. The molecule has 0 aliphatic heterocycles. The summed E-state index contributed by atoms with van der Waals surface area (Å²) in [5.74, 6) is -0.558. The first kappa shape index (κ1) is 13.5. The van der Waals surface area contributed by atoms with Crippen LogP contribution in [0.15, 0.2) is 30.6 Å². The highest BCUT2D eigenvalue weighted by atomic mass is 16.6. The van der Waals surface area contributed by atoms with Crippen LogP contribution >= 0.6 is 0 Å². The zero-order valence-corrected chi connectivity index (χ0v) is 10.7. The average Bonchev–Trinajstić information content (AvgIpc) is 2.92. The number of anilines is 1. The maximum absolute atomic E-state index is 12.1. The molecule has 1 unspecified atom stereocenters. The average molecular weight is 275 g/mol. The Balaban J connectivity index is 2.25. The van der Waals surface area contributed by atoms with Gasteiger partial charge in [0, 0.05) is 23.5 Å². The van der Waals surface area contributed by atoms with Crippen molar-refractivity contribution in [1.29, 1.82) is 0 Å². The Morgan fingerprint density at radius 2 is 2.30 bits per heavy atom. The predicted octanol–water partition coefficient (Wildman–Crippen LogP) is 1.39. The van der Waals surface area contributed by atoms with Gasteiger partial charge in [-0.3, -0.25) is 20.0 Å². The molecule has 1 heterocycles. The normalized spacial score (nSPS) is 11.8. The number of nitrogens with zero attached hydrogens (tertiary/aromatic N) is 2. The van der Waals surface area contributed by atoms with E-state index in [0.717, 1.165) is 5.56 Å². The molecule has 8 nitrogen and oxygen atoms in total. The molecule has 1 amide bonds. The van der Waals surface area contributed by atoms with E-state index in [1.165, 1.54) is 18.2 Å². The van der Waals surface area contributed by atoms with E-state index in [0.29, 0.717) is 0 Å². The number of hydrogen-bond donors (Lipinski definition) is 3. The number of nitrogens with two attached hydrogens (primary N) is 1. The largest absolute Gasteiger partial charge is 0.399 e. The Kier molecular flexibility index (Phi) is 3.65. The molecule has 1 aromatic carbocycles. The number of rotatable bonds is 4. The van der Waals surface area contributed by atoms with Crippen molar-refractivity contribution in [2.24, 2.45) is 0 Å². The number of hydrogen-bond acceptors (Lipinski definition) is 5. The van der Waals surface area contributed by atoms with Gasteiger partial charge in [0.2, 0.25) is 0 Å². The number of amides is 1. The van der Waals surface area contributed by atoms with Crippen molar-refractivity contribution >= 4 is 17.3 Å². The Hall–Kier alpha value is -2.90. The van der Waals surface area contributed by atoms with Crippen LogP contribution in [-0.4, -0.2) is 21.0 Å². The number of carbonyl (C=O) groups is 1. The van der Waals surface area contributed by atoms with Gasteiger partial charge in [0.1, 0.15) is 5.56 Å². The van der Waals surface area contributed by atoms with E-state index in [9.17, 15) is 14.9 Å². The molecule has 0 saturated heterocycles. The third-order valence-corrected chi connectivity index (χ3v) is 2.83. The van der Waals surface area contributed by atoms with Crippen LogP contribution in [0.5, 0.6) is 0 Å². The van der Waals surface area contributed by atoms with Crippen LogP contribution in [-0.2, 0) is 0 Å². The number of carbonyl (C=O) groups excluding carboxylic acids is 1. The highest BCUT2D eigenvalue weighted by molar-refractivity contribution is 5.99. The van der Waals surface area contributed by atoms with Crippen molar-refractivity contribution in [3.63, 3.8) is 0 Å². The number of nitrogen functional groups attached to an aromatic ring is 1. The van der Waals surface area contributed by atoms with Gasteiger partial charge in [0.15, 0.2) is 0 Å². The lowest BCUT2D eigenvalue weighted by atomic mass is 10.1. The van der Waals surface area contributed by atoms with E-state index in [2.05, 4.69) is 15.5 Å². The van der Waals surface area contributed by atoms with Crippen LogP contribution in [0.3, 0.4) is 0 Å². The van der Waals surface area contributed by atoms with Crippen LogP contribution < -0.4 is 11.1 Å². The minimum atomic E-state index is -0.614. The van der Waals surface area contributed by atoms with E-state index in [1.54, 1.807) is 19.3 Å². The van der Waals surface area contributed by atoms with Gasteiger partial charge >= 0.3 is 0 Å². The van der Waals surface area contributed by atoms with Crippen molar-refractivity contribution in [1.82, 2.24) is 15.5 Å². The Labute approximate surface area is 114 Å². The van der Waals surface area contributed by atoms with Gasteiger partial charge in [-0.05, 0) is 19.1 Å². The lowest BCUT2D eigenvalue weighted by Crippen LogP contribution is -2.27. The minimum absolute atomic E-state index is 0.0645. The topological polar surface area (TPSA) is 127 Å². The molecule has 104 valence electrons. The van der Waals surface area contributed by atoms with E-state index >= 15 is 0 Å². The zero-order chi connectivity index (χ0) is 14.7. The minimum Gasteiger partial charge on any atom is -0.399 e. The van der Waals surface area contributed by atoms with Gasteiger partial charge in [-0.1, -0.05) is 0 Å². The molecular weight excluding hydrogens is 262 g/mol. The Bertz CT molecular complexity index is 639. The SMILES string of the molecule is CC(NC(=O)c1cc(N)ccc1[N+](=O)[O-])c1cn[nH]c1. The second-order valence-electron chi connectivity index (χ2n) is 4.26. The molecule has 8 heteroatoms. The maximum Gasteiger partial charge on any atom is 0.282 e. The monoisotopic (exact) mass is 275 g/mol. The molecule has 0 fully saturated rings. The summed E-state index contributed by atoms with van der Waals surface area (Å²) in [5, 5.41) is 20.0. The van der Waals surface area contributed by atoms with Gasteiger partial charge < -0.3 is 11.1 Å². The van der Waals surface area contributed by atoms with Crippen LogP contribution in [0.2, 0.25) is 0 Å². The lowest BCUT2D eigenvalue weighted by molar-refractivity contribution is -0.385. The summed E-state index contributed by atoms with van der Waals surface area (Å²) < 4.78 is 0. The van der Waals surface area contributed by atoms with Crippen LogP contribution in [0.25, 0.3) is 0 Å². The molecule has 0 spiro atoms. The second-order valence-corrected chi connectivity index (χ2v) is 4.26. The predicted molar refractivity (Wildman–Crippen MR) is 72.0 cm³/mol. The molecule has 20 heavy (non-hydrogen) atoms. The van der Waals surface area contributed by atoms with E-state index in [1.807, 2.05) is 0 Å². The summed E-state index contributed by atoms with van der Waals surface area (Å²) in [7, 11) is 0. The second kappa shape index (κ2) is 5.39. The number of H-pyrrole nitrogens is 1. The first-order valence-electron chi connectivity index (χ1n) is 5.82. The van der Waals surface area contributed by atoms with Gasteiger partial charge in [-0.15, -0.1) is 0 Å². The number of aromatic amines is 1. The molecule has 0 radical (unpaired) electrons. The van der Waals surface area contributed by atoms with E-state index in [4.69, 9.17) is 5.73 Å². The molecule has 2 aromatic rings. The highest BCUT2D eigenvalue weighted by Gasteiger charge is 2.22. The molecule has 0 saturated carbocycles. The third kappa shape index (κ3) is 2.74. The molecule has 2 rings (SSSR count). The molecule has 4 N–H and O–H groups in total. The van der Waals surface area contributed by atoms with Gasteiger partial charge in [0.25, 0.3) is 11.6 Å². The standard InChI is InChI=1S/C12H13N5O3/c1-7(8-5-14-15-6-8)16-12(18)10-4-9(13)2-3-11(10)17(19)20/h2-7H,13H2,1H3,(H,14,15)(H,16,18). The zero-order valence-electron chi connectivity index (χ0n) is 10.7.